The van der Waals surface area contributed by atoms with Gasteiger partial charge in [0.2, 0.25) is 5.16 Å². The molecule has 0 N–H and O–H groups in total. The number of tetrazole rings is 1. The number of ether oxygens (including phenoxy) is 1. The normalized spacial score (nSPS) is 12.6. The molecule has 3 rings (SSSR count). The molecule has 0 aliphatic carbocycles. The van der Waals surface area contributed by atoms with Gasteiger partial charge >= 0.3 is 0 Å². The van der Waals surface area contributed by atoms with Gasteiger partial charge in [-0.3, -0.25) is 4.79 Å². The van der Waals surface area contributed by atoms with Crippen molar-refractivity contribution in [3.8, 4) is 11.4 Å². The molecule has 1 heterocycles. The molecule has 0 fully saturated rings. The SMILES string of the molecule is COc1ccc(-n2nnnc2S[C@@H](C)C(=O)c2ccc(C(C)(C)C)cc2)cc1. The number of thioether (sulfide) groups is 1. The van der Waals surface area contributed by atoms with Gasteiger partial charge in [-0.05, 0) is 52.6 Å². The molecule has 0 aliphatic heterocycles. The first kappa shape index (κ1) is 20.1. The molecule has 0 aliphatic rings. The van der Waals surface area contributed by atoms with Gasteiger partial charge in [0.05, 0.1) is 18.0 Å². The van der Waals surface area contributed by atoms with Gasteiger partial charge in [0.25, 0.3) is 0 Å². The third-order valence-electron chi connectivity index (χ3n) is 4.44. The maximum absolute atomic E-state index is 12.8. The molecule has 0 unspecified atom stereocenters. The van der Waals surface area contributed by atoms with Gasteiger partial charge in [-0.15, -0.1) is 5.10 Å². The molecule has 28 heavy (non-hydrogen) atoms. The number of Topliss-reactive ketones (excluding diaryl/α,β-unsaturated/α-hetero) is 1. The Kier molecular flexibility index (Phi) is 5.84. The number of hydrogen-bond acceptors (Lipinski definition) is 6. The van der Waals surface area contributed by atoms with Crippen molar-refractivity contribution in [1.29, 1.82) is 0 Å². The summed E-state index contributed by atoms with van der Waals surface area (Å²) < 4.78 is 6.80. The van der Waals surface area contributed by atoms with Crippen LogP contribution in [0.15, 0.2) is 53.7 Å². The Hall–Kier alpha value is -2.67. The number of hydrogen-bond donors (Lipinski definition) is 0. The molecule has 0 amide bonds. The fraction of sp³-hybridized carbons (Fsp3) is 0.333. The second kappa shape index (κ2) is 8.14. The minimum Gasteiger partial charge on any atom is -0.497 e. The summed E-state index contributed by atoms with van der Waals surface area (Å²) in [7, 11) is 1.62. The third kappa shape index (κ3) is 4.42. The van der Waals surface area contributed by atoms with E-state index in [0.717, 1.165) is 11.4 Å². The number of aromatic nitrogens is 4. The van der Waals surface area contributed by atoms with Gasteiger partial charge in [-0.25, -0.2) is 0 Å². The van der Waals surface area contributed by atoms with Crippen LogP contribution in [0.5, 0.6) is 5.75 Å². The second-order valence-electron chi connectivity index (χ2n) is 7.52. The summed E-state index contributed by atoms with van der Waals surface area (Å²) in [4.78, 5) is 12.8. The molecule has 0 spiro atoms. The molecule has 7 heteroatoms. The van der Waals surface area contributed by atoms with Crippen LogP contribution in [0, 0.1) is 0 Å². The van der Waals surface area contributed by atoms with Crippen LogP contribution in [-0.2, 0) is 5.41 Å². The van der Waals surface area contributed by atoms with Crippen molar-refractivity contribution in [1.82, 2.24) is 20.2 Å². The highest BCUT2D eigenvalue weighted by Gasteiger charge is 2.21. The Labute approximate surface area is 169 Å². The van der Waals surface area contributed by atoms with Crippen molar-refractivity contribution < 1.29 is 9.53 Å². The fourth-order valence-electron chi connectivity index (χ4n) is 2.72. The summed E-state index contributed by atoms with van der Waals surface area (Å²) in [5, 5.41) is 12.1. The smallest absolute Gasteiger partial charge is 0.214 e. The van der Waals surface area contributed by atoms with E-state index in [4.69, 9.17) is 4.74 Å². The zero-order valence-corrected chi connectivity index (χ0v) is 17.5. The lowest BCUT2D eigenvalue weighted by Crippen LogP contribution is -2.16. The van der Waals surface area contributed by atoms with E-state index < -0.39 is 0 Å². The number of carbonyl (C=O) groups is 1. The quantitative estimate of drug-likeness (QED) is 0.456. The van der Waals surface area contributed by atoms with Crippen molar-refractivity contribution in [3.63, 3.8) is 0 Å². The lowest BCUT2D eigenvalue weighted by atomic mass is 9.86. The summed E-state index contributed by atoms with van der Waals surface area (Å²) in [6.45, 7) is 8.33. The van der Waals surface area contributed by atoms with Crippen LogP contribution < -0.4 is 4.74 Å². The molecule has 1 atom stereocenters. The van der Waals surface area contributed by atoms with E-state index in [1.165, 1.54) is 17.3 Å². The van der Waals surface area contributed by atoms with Gasteiger partial charge in [0.1, 0.15) is 5.75 Å². The van der Waals surface area contributed by atoms with Crippen LogP contribution in [0.25, 0.3) is 5.69 Å². The number of carbonyl (C=O) groups excluding carboxylic acids is 1. The zero-order valence-electron chi connectivity index (χ0n) is 16.7. The van der Waals surface area contributed by atoms with E-state index in [1.807, 2.05) is 55.5 Å². The highest BCUT2D eigenvalue weighted by molar-refractivity contribution is 8.00. The van der Waals surface area contributed by atoms with Gasteiger partial charge < -0.3 is 4.74 Å². The summed E-state index contributed by atoms with van der Waals surface area (Å²) in [6, 6.07) is 15.3. The Balaban J connectivity index is 1.75. The molecule has 146 valence electrons. The average Bonchev–Trinajstić information content (AvgIpc) is 3.15. The van der Waals surface area contributed by atoms with Gasteiger partial charge in [-0.1, -0.05) is 56.8 Å². The van der Waals surface area contributed by atoms with Gasteiger partial charge in [-0.2, -0.15) is 4.68 Å². The largest absolute Gasteiger partial charge is 0.497 e. The monoisotopic (exact) mass is 396 g/mol. The minimum absolute atomic E-state index is 0.0507. The summed E-state index contributed by atoms with van der Waals surface area (Å²) >= 11 is 1.34. The maximum Gasteiger partial charge on any atom is 0.214 e. The predicted octanol–water partition coefficient (Wildman–Crippen LogP) is 4.33. The van der Waals surface area contributed by atoms with Crippen LogP contribution in [0.2, 0.25) is 0 Å². The lowest BCUT2D eigenvalue weighted by Gasteiger charge is -2.19. The molecule has 1 aromatic heterocycles. The van der Waals surface area contributed by atoms with Crippen molar-refractivity contribution >= 4 is 17.5 Å². The second-order valence-corrected chi connectivity index (χ2v) is 8.83. The molecule has 0 saturated carbocycles. The van der Waals surface area contributed by atoms with E-state index in [1.54, 1.807) is 11.8 Å². The lowest BCUT2D eigenvalue weighted by molar-refractivity contribution is 0.0994. The van der Waals surface area contributed by atoms with Crippen LogP contribution in [0.4, 0.5) is 0 Å². The first-order chi connectivity index (χ1) is 13.3. The molecular formula is C21H24N4O2S. The number of rotatable bonds is 6. The van der Waals surface area contributed by atoms with Gasteiger partial charge in [0.15, 0.2) is 5.78 Å². The van der Waals surface area contributed by atoms with Gasteiger partial charge in [0, 0.05) is 5.56 Å². The van der Waals surface area contributed by atoms with E-state index in [-0.39, 0.29) is 16.4 Å². The first-order valence-corrected chi connectivity index (χ1v) is 9.92. The van der Waals surface area contributed by atoms with E-state index in [9.17, 15) is 4.79 Å². The van der Waals surface area contributed by atoms with E-state index in [2.05, 4.69) is 36.3 Å². The van der Waals surface area contributed by atoms with Crippen molar-refractivity contribution in [3.05, 3.63) is 59.7 Å². The van der Waals surface area contributed by atoms with Crippen molar-refractivity contribution in [2.24, 2.45) is 0 Å². The topological polar surface area (TPSA) is 69.9 Å². The molecule has 6 nitrogen and oxygen atoms in total. The van der Waals surface area contributed by atoms with Crippen LogP contribution in [-0.4, -0.2) is 38.4 Å². The number of benzene rings is 2. The predicted molar refractivity (Wildman–Crippen MR) is 110 cm³/mol. The number of nitrogens with zero attached hydrogens (tertiary/aromatic N) is 4. The molecule has 0 radical (unpaired) electrons. The molecule has 0 bridgehead atoms. The van der Waals surface area contributed by atoms with Crippen LogP contribution >= 0.6 is 11.8 Å². The van der Waals surface area contributed by atoms with Crippen molar-refractivity contribution in [2.75, 3.05) is 7.11 Å². The van der Waals surface area contributed by atoms with Crippen molar-refractivity contribution in [2.45, 2.75) is 43.5 Å². The average molecular weight is 397 g/mol. The summed E-state index contributed by atoms with van der Waals surface area (Å²) in [6.07, 6.45) is 0. The highest BCUT2D eigenvalue weighted by atomic mass is 32.2. The number of ketones is 1. The maximum atomic E-state index is 12.8. The Morgan fingerprint density at radius 3 is 2.29 bits per heavy atom. The van der Waals surface area contributed by atoms with E-state index in [0.29, 0.717) is 10.7 Å². The molecule has 3 aromatic rings. The standard InChI is InChI=1S/C21H24N4O2S/c1-14(19(26)15-6-8-16(9-7-15)21(2,3)4)28-20-22-23-24-25(20)17-10-12-18(27-5)13-11-17/h6-14H,1-5H3/t14-/m0/s1. The Bertz CT molecular complexity index is 944. The molecular weight excluding hydrogens is 372 g/mol. The highest BCUT2D eigenvalue weighted by Crippen LogP contribution is 2.27. The summed E-state index contributed by atoms with van der Waals surface area (Å²) in [5.74, 6) is 0.808. The number of methoxy groups -OCH3 is 1. The molecule has 0 saturated heterocycles. The Morgan fingerprint density at radius 2 is 1.71 bits per heavy atom. The summed E-state index contributed by atoms with van der Waals surface area (Å²) in [5.41, 5.74) is 2.76. The molecule has 2 aromatic carbocycles. The third-order valence-corrected chi connectivity index (χ3v) is 5.48. The fourth-order valence-corrected chi connectivity index (χ4v) is 3.60. The zero-order chi connectivity index (χ0) is 20.3. The first-order valence-electron chi connectivity index (χ1n) is 9.04. The van der Waals surface area contributed by atoms with Crippen LogP contribution in [0.1, 0.15) is 43.6 Å². The van der Waals surface area contributed by atoms with Crippen LogP contribution in [0.3, 0.4) is 0 Å². The van der Waals surface area contributed by atoms with E-state index >= 15 is 0 Å². The minimum atomic E-state index is -0.316. The Morgan fingerprint density at radius 1 is 1.07 bits per heavy atom.